The number of carbonyl (C=O) groups is 2. The molecule has 2 atom stereocenters. The summed E-state index contributed by atoms with van der Waals surface area (Å²) in [5.74, 6) is -0.800. The smallest absolute Gasteiger partial charge is 0.462 e. The van der Waals surface area contributed by atoms with E-state index >= 15 is 0 Å². The molecule has 0 aromatic carbocycles. The minimum Gasteiger partial charge on any atom is -0.462 e. The van der Waals surface area contributed by atoms with Gasteiger partial charge >= 0.3 is 19.8 Å². The van der Waals surface area contributed by atoms with Crippen LogP contribution in [0.25, 0.3) is 0 Å². The molecule has 9 nitrogen and oxygen atoms in total. The van der Waals surface area contributed by atoms with Gasteiger partial charge in [-0.3, -0.25) is 18.6 Å². The zero-order valence-corrected chi connectivity index (χ0v) is 57.9. The van der Waals surface area contributed by atoms with Crippen LogP contribution in [0.4, 0.5) is 0 Å². The number of hydrogen-bond acceptors (Lipinski definition) is 7. The van der Waals surface area contributed by atoms with E-state index in [1.807, 2.05) is 21.1 Å². The third-order valence-corrected chi connectivity index (χ3v) is 16.9. The Morgan fingerprint density at radius 2 is 0.663 bits per heavy atom. The number of ether oxygens (including phenoxy) is 2. The number of quaternary nitrogens is 1. The Labute approximate surface area is 532 Å². The zero-order valence-electron chi connectivity index (χ0n) is 57.0. The highest BCUT2D eigenvalue weighted by Gasteiger charge is 2.27. The van der Waals surface area contributed by atoms with E-state index in [2.05, 4.69) is 98.9 Å². The predicted octanol–water partition coefficient (Wildman–Crippen LogP) is 23.7. The third-order valence-electron chi connectivity index (χ3n) is 15.9. The Bertz CT molecular complexity index is 1730. The summed E-state index contributed by atoms with van der Waals surface area (Å²) < 4.78 is 34.7. The van der Waals surface area contributed by atoms with Gasteiger partial charge in [-0.05, 0) is 89.9 Å². The molecular weight excluding hydrogens is 1090 g/mol. The number of nitrogens with zero attached hydrogens (tertiary/aromatic N) is 1. The van der Waals surface area contributed by atoms with Crippen LogP contribution in [0.2, 0.25) is 0 Å². The third kappa shape index (κ3) is 70.3. The van der Waals surface area contributed by atoms with Crippen molar-refractivity contribution in [2.45, 2.75) is 341 Å². The Morgan fingerprint density at radius 3 is 0.988 bits per heavy atom. The van der Waals surface area contributed by atoms with Gasteiger partial charge in [-0.1, -0.05) is 317 Å². The van der Waals surface area contributed by atoms with Crippen LogP contribution in [0.5, 0.6) is 0 Å². The van der Waals surface area contributed by atoms with Gasteiger partial charge in [-0.2, -0.15) is 0 Å². The molecule has 0 bridgehead atoms. The molecule has 0 aliphatic rings. The Balaban J connectivity index is 3.92. The largest absolute Gasteiger partial charge is 0.472 e. The van der Waals surface area contributed by atoms with E-state index in [-0.39, 0.29) is 32.0 Å². The van der Waals surface area contributed by atoms with E-state index < -0.39 is 26.5 Å². The number of hydrogen-bond donors (Lipinski definition) is 1. The minimum atomic E-state index is -4.40. The van der Waals surface area contributed by atoms with Crippen molar-refractivity contribution in [3.63, 3.8) is 0 Å². The molecule has 0 aliphatic carbocycles. The number of allylic oxidation sites excluding steroid dienone is 14. The van der Waals surface area contributed by atoms with Crippen molar-refractivity contribution in [1.29, 1.82) is 0 Å². The highest BCUT2D eigenvalue weighted by atomic mass is 31.2. The first kappa shape index (κ1) is 83.2. The predicted molar refractivity (Wildman–Crippen MR) is 372 cm³/mol. The molecule has 0 radical (unpaired) electrons. The van der Waals surface area contributed by atoms with E-state index in [0.717, 1.165) is 83.5 Å². The molecule has 0 saturated carbocycles. The fraction of sp³-hybridized carbons (Fsp3) is 0.789. The molecule has 1 N–H and O–H groups in total. The molecule has 0 rings (SSSR count). The van der Waals surface area contributed by atoms with Gasteiger partial charge in [0.1, 0.15) is 19.8 Å². The van der Waals surface area contributed by atoms with Crippen molar-refractivity contribution in [1.82, 2.24) is 0 Å². The van der Waals surface area contributed by atoms with E-state index in [0.29, 0.717) is 17.4 Å². The van der Waals surface area contributed by atoms with Gasteiger partial charge in [0.25, 0.3) is 0 Å². The molecule has 0 saturated heterocycles. The van der Waals surface area contributed by atoms with Crippen LogP contribution in [-0.2, 0) is 32.7 Å². The number of unbranched alkanes of at least 4 members (excludes halogenated alkanes) is 39. The molecule has 0 heterocycles. The highest BCUT2D eigenvalue weighted by molar-refractivity contribution is 7.47. The molecule has 0 fully saturated rings. The second kappa shape index (κ2) is 66.6. The molecule has 500 valence electrons. The van der Waals surface area contributed by atoms with Crippen LogP contribution in [0.3, 0.4) is 0 Å². The van der Waals surface area contributed by atoms with Crippen molar-refractivity contribution in [3.8, 4) is 0 Å². The van der Waals surface area contributed by atoms with E-state index in [9.17, 15) is 19.0 Å². The van der Waals surface area contributed by atoms with Gasteiger partial charge in [0.05, 0.1) is 27.7 Å². The normalized spacial score (nSPS) is 13.6. The highest BCUT2D eigenvalue weighted by Crippen LogP contribution is 2.43. The van der Waals surface area contributed by atoms with E-state index in [4.69, 9.17) is 18.5 Å². The lowest BCUT2D eigenvalue weighted by molar-refractivity contribution is -0.870. The number of carbonyl (C=O) groups excluding carboxylic acids is 2. The van der Waals surface area contributed by atoms with Gasteiger partial charge in [-0.25, -0.2) is 4.57 Å². The quantitative estimate of drug-likeness (QED) is 0.0211. The summed E-state index contributed by atoms with van der Waals surface area (Å²) >= 11 is 0. The first-order valence-electron chi connectivity index (χ1n) is 36.3. The second-order valence-corrected chi connectivity index (χ2v) is 27.0. The second-order valence-electron chi connectivity index (χ2n) is 25.6. The summed E-state index contributed by atoms with van der Waals surface area (Å²) in [6.07, 6.45) is 91.4. The standard InChI is InChI=1S/C76H138NO8P/c1-6-8-10-12-14-16-18-20-22-24-26-28-29-30-31-32-33-34-35-36-37-38-39-40-41-42-43-44-45-46-47-49-51-53-55-57-59-61-63-65-67-69-76(79)85-74(73-84-86(80,81)83-71-70-77(3,4)5)72-82-75(78)68-66-64-62-60-58-56-54-52-50-48-27-25-23-21-19-17-15-13-11-9-7-2/h8,10,14,16,19-22,25-28,50,52,74H,6-7,9,11-13,15,17-18,23-24,29-49,51,53-73H2,1-5H3/p+1/b10-8-,16-14-,21-19-,22-20-,27-25-,28-26-,52-50-. The van der Waals surface area contributed by atoms with Crippen LogP contribution in [0, 0.1) is 0 Å². The molecule has 10 heteroatoms. The molecule has 0 aliphatic heterocycles. The molecule has 86 heavy (non-hydrogen) atoms. The average Bonchev–Trinajstić information content (AvgIpc) is 3.70. The fourth-order valence-electron chi connectivity index (χ4n) is 10.4. The van der Waals surface area contributed by atoms with Crippen LogP contribution in [0.1, 0.15) is 335 Å². The van der Waals surface area contributed by atoms with Crippen molar-refractivity contribution >= 4 is 19.8 Å². The average molecular weight is 1230 g/mol. The Kier molecular flexibility index (Phi) is 64.4. The lowest BCUT2D eigenvalue weighted by atomic mass is 10.0. The molecule has 0 spiro atoms. The van der Waals surface area contributed by atoms with Crippen LogP contribution in [-0.4, -0.2) is 74.9 Å². The topological polar surface area (TPSA) is 108 Å². The fourth-order valence-corrected chi connectivity index (χ4v) is 11.1. The molecule has 0 amide bonds. The number of likely N-dealkylation sites (N-methyl/N-ethyl adjacent to an activating group) is 1. The molecule has 0 aromatic rings. The van der Waals surface area contributed by atoms with Gasteiger partial charge in [0, 0.05) is 12.8 Å². The monoisotopic (exact) mass is 1230 g/mol. The minimum absolute atomic E-state index is 0.0289. The van der Waals surface area contributed by atoms with Gasteiger partial charge in [0.15, 0.2) is 6.10 Å². The lowest BCUT2D eigenvalue weighted by Crippen LogP contribution is -2.37. The summed E-state index contributed by atoms with van der Waals surface area (Å²) in [5.41, 5.74) is 0. The first-order chi connectivity index (χ1) is 42.0. The van der Waals surface area contributed by atoms with E-state index in [1.54, 1.807) is 0 Å². The van der Waals surface area contributed by atoms with Crippen molar-refractivity contribution in [2.75, 3.05) is 47.5 Å². The summed E-state index contributed by atoms with van der Waals surface area (Å²) in [4.78, 5) is 35.8. The van der Waals surface area contributed by atoms with Crippen LogP contribution >= 0.6 is 7.82 Å². The molecular formula is C76H139NO8P+. The number of rotatable bonds is 67. The van der Waals surface area contributed by atoms with Crippen molar-refractivity contribution < 1.29 is 42.1 Å². The molecule has 2 unspecified atom stereocenters. The summed E-state index contributed by atoms with van der Waals surface area (Å²) in [6.45, 7) is 4.33. The maximum atomic E-state index is 12.9. The maximum Gasteiger partial charge on any atom is 0.472 e. The van der Waals surface area contributed by atoms with Crippen LogP contribution < -0.4 is 0 Å². The molecule has 0 aromatic heterocycles. The SMILES string of the molecule is CC/C=C\C/C=C\C/C=C\C/C=C\CCCCCCCCCCCCCCCCCCCCCCCCCCCCCCC(=O)OC(COC(=O)CCCCCCCC/C=C\C/C=C\C/C=C\CCCCCCC)COP(=O)(O)OCC[N+](C)(C)C. The van der Waals surface area contributed by atoms with Gasteiger partial charge in [0.2, 0.25) is 0 Å². The number of phosphoric ester groups is 1. The van der Waals surface area contributed by atoms with Gasteiger partial charge < -0.3 is 18.9 Å². The summed E-state index contributed by atoms with van der Waals surface area (Å²) in [7, 11) is 1.48. The van der Waals surface area contributed by atoms with Crippen LogP contribution in [0.15, 0.2) is 85.1 Å². The summed E-state index contributed by atoms with van der Waals surface area (Å²) in [6, 6.07) is 0. The zero-order chi connectivity index (χ0) is 62.6. The maximum absolute atomic E-state index is 12.9. The van der Waals surface area contributed by atoms with Crippen molar-refractivity contribution in [3.05, 3.63) is 85.1 Å². The number of esters is 2. The Morgan fingerprint density at radius 1 is 0.372 bits per heavy atom. The first-order valence-corrected chi connectivity index (χ1v) is 37.8. The van der Waals surface area contributed by atoms with E-state index in [1.165, 1.54) is 218 Å². The summed E-state index contributed by atoms with van der Waals surface area (Å²) in [5, 5.41) is 0. The Hall–Kier alpha value is -2.81. The lowest BCUT2D eigenvalue weighted by Gasteiger charge is -2.24. The van der Waals surface area contributed by atoms with Crippen molar-refractivity contribution in [2.24, 2.45) is 0 Å². The number of phosphoric acid groups is 1. The van der Waals surface area contributed by atoms with Gasteiger partial charge in [-0.15, -0.1) is 0 Å².